The Hall–Kier alpha value is -1.67. The van der Waals surface area contributed by atoms with Crippen LogP contribution in [0.1, 0.15) is 48.8 Å². The minimum Gasteiger partial charge on any atom is -0.494 e. The Kier molecular flexibility index (Phi) is 3.10. The number of aliphatic hydroxyl groups is 4. The first-order valence-corrected chi connectivity index (χ1v) is 8.17. The summed E-state index contributed by atoms with van der Waals surface area (Å²) in [6.45, 7) is -8.29. The molecule has 1 saturated heterocycles. The van der Waals surface area contributed by atoms with Crippen molar-refractivity contribution in [3.8, 4) is 5.75 Å². The molecule has 0 unspecified atom stereocenters. The highest BCUT2D eigenvalue weighted by atomic mass is 35.5. The Balaban J connectivity index is 2.16. The van der Waals surface area contributed by atoms with Crippen molar-refractivity contribution in [2.45, 2.75) is 43.7 Å². The Morgan fingerprint density at radius 2 is 1.96 bits per heavy atom. The van der Waals surface area contributed by atoms with Crippen molar-refractivity contribution in [3.63, 3.8) is 0 Å². The predicted molar refractivity (Wildman–Crippen MR) is 105 cm³/mol. The summed E-state index contributed by atoms with van der Waals surface area (Å²) in [6, 6.07) is -0.484. The SMILES string of the molecule is [2H]c1c([2H])c(OC([2H])([2H])C([2H])([2H])[2H])c([2H])c([2H])c1Cc1cc([C@]2([2H])O[C@]([2H])(CO)[C@@]([2H])(O)[C@]([2H])(O)[C@@]2([2H])O)ccc1Cl. The van der Waals surface area contributed by atoms with E-state index in [1.165, 1.54) is 0 Å². The van der Waals surface area contributed by atoms with Gasteiger partial charge in [-0.1, -0.05) is 35.8 Å². The predicted octanol–water partition coefficient (Wildman–Crippen LogP) is 1.84. The molecule has 1 heterocycles. The molecule has 28 heavy (non-hydrogen) atoms. The molecule has 152 valence electrons. The van der Waals surface area contributed by atoms with Crippen LogP contribution in [0.4, 0.5) is 0 Å². The first-order valence-electron chi connectivity index (χ1n) is 14.8. The van der Waals surface area contributed by atoms with Crippen LogP contribution in [0.3, 0.4) is 0 Å². The molecule has 6 nitrogen and oxygen atoms in total. The summed E-state index contributed by atoms with van der Waals surface area (Å²) in [5.41, 5.74) is -1.10. The second kappa shape index (κ2) is 9.22. The van der Waals surface area contributed by atoms with Crippen molar-refractivity contribution in [2.24, 2.45) is 0 Å². The van der Waals surface area contributed by atoms with Gasteiger partial charge in [-0.15, -0.1) is 0 Å². The lowest BCUT2D eigenvalue weighted by Gasteiger charge is -2.40. The monoisotopic (exact) mass is 422 g/mol. The quantitative estimate of drug-likeness (QED) is 0.567. The standard InChI is InChI=1S/C21H25ClO6/c1-2-27-15-6-3-12(4-7-15)9-14-10-13(5-8-16(14)22)21-20(26)19(25)18(24)17(11-23)28-21/h3-8,10,17-21,23-26H,2,9,11H2,1H3/t17-,18-,19+,20-,21+/m1/s1/i1D3,2D2,3D,4D,6D,7D,17D,18D,19D,20D,21D. The summed E-state index contributed by atoms with van der Waals surface area (Å²) in [5.74, 6) is -0.983. The van der Waals surface area contributed by atoms with E-state index >= 15 is 0 Å². The lowest BCUT2D eigenvalue weighted by molar-refractivity contribution is -0.231. The third-order valence-electron chi connectivity index (χ3n) is 3.78. The topological polar surface area (TPSA) is 99.4 Å². The van der Waals surface area contributed by atoms with E-state index < -0.39 is 92.3 Å². The molecule has 1 aliphatic heterocycles. The van der Waals surface area contributed by atoms with E-state index in [-0.39, 0.29) is 16.1 Å². The van der Waals surface area contributed by atoms with Crippen LogP contribution in [0.5, 0.6) is 5.75 Å². The van der Waals surface area contributed by atoms with Crippen molar-refractivity contribution < 1.29 is 49.1 Å². The summed E-state index contributed by atoms with van der Waals surface area (Å²) in [7, 11) is 0. The molecule has 1 aliphatic rings. The average Bonchev–Trinajstić information content (AvgIpc) is 2.87. The normalized spacial score (nSPS) is 48.9. The Labute approximate surface area is 188 Å². The van der Waals surface area contributed by atoms with Crippen LogP contribution in [0, 0.1) is 0 Å². The third kappa shape index (κ3) is 4.49. The van der Waals surface area contributed by atoms with Crippen LogP contribution < -0.4 is 4.74 Å². The second-order valence-electron chi connectivity index (χ2n) is 5.55. The van der Waals surface area contributed by atoms with Crippen LogP contribution in [-0.2, 0) is 11.2 Å². The highest BCUT2D eigenvalue weighted by molar-refractivity contribution is 6.31. The van der Waals surface area contributed by atoms with Crippen molar-refractivity contribution in [3.05, 3.63) is 64.1 Å². The summed E-state index contributed by atoms with van der Waals surface area (Å²) in [6.07, 6.45) is -19.0. The lowest BCUT2D eigenvalue weighted by atomic mass is 9.90. The van der Waals surface area contributed by atoms with E-state index in [4.69, 9.17) is 40.3 Å². The van der Waals surface area contributed by atoms with Crippen LogP contribution in [0.15, 0.2) is 42.4 Å². The van der Waals surface area contributed by atoms with Gasteiger partial charge in [0.2, 0.25) is 0 Å². The van der Waals surface area contributed by atoms with Crippen LogP contribution in [0.2, 0.25) is 5.02 Å². The maximum Gasteiger partial charge on any atom is 0.119 e. The van der Waals surface area contributed by atoms with Gasteiger partial charge in [-0.25, -0.2) is 0 Å². The molecule has 0 radical (unpaired) electrons. The number of ether oxygens (including phenoxy) is 2. The second-order valence-corrected chi connectivity index (χ2v) is 5.96. The smallest absolute Gasteiger partial charge is 0.119 e. The third-order valence-corrected chi connectivity index (χ3v) is 4.15. The first kappa shape index (κ1) is 9.43. The molecule has 0 aromatic heterocycles. The average molecular weight is 423 g/mol. The van der Waals surface area contributed by atoms with Gasteiger partial charge in [0.15, 0.2) is 0 Å². The number of hydrogen-bond acceptors (Lipinski definition) is 6. The molecule has 0 saturated carbocycles. The van der Waals surface area contributed by atoms with Gasteiger partial charge in [-0.2, -0.15) is 0 Å². The Morgan fingerprint density at radius 3 is 2.64 bits per heavy atom. The fourth-order valence-corrected chi connectivity index (χ4v) is 2.62. The number of hydrogen-bond donors (Lipinski definition) is 4. The molecule has 3 rings (SSSR count). The van der Waals surface area contributed by atoms with Crippen molar-refractivity contribution in [1.82, 2.24) is 0 Å². The number of halogens is 1. The molecule has 5 atom stereocenters. The molecule has 2 aromatic carbocycles. The molecule has 7 heteroatoms. The van der Waals surface area contributed by atoms with Gasteiger partial charge in [0.1, 0.15) is 36.1 Å². The fourth-order valence-electron chi connectivity index (χ4n) is 2.43. The molecule has 0 spiro atoms. The highest BCUT2D eigenvalue weighted by Crippen LogP contribution is 2.34. The van der Waals surface area contributed by atoms with E-state index in [9.17, 15) is 20.4 Å². The van der Waals surface area contributed by atoms with E-state index in [0.717, 1.165) is 18.2 Å². The van der Waals surface area contributed by atoms with Crippen molar-refractivity contribution >= 4 is 11.6 Å². The van der Waals surface area contributed by atoms with E-state index in [0.29, 0.717) is 0 Å². The summed E-state index contributed by atoms with van der Waals surface area (Å²) < 4.78 is 120. The Bertz CT molecular complexity index is 1370. The van der Waals surface area contributed by atoms with Crippen molar-refractivity contribution in [2.75, 3.05) is 13.2 Å². The Morgan fingerprint density at radius 1 is 1.21 bits per heavy atom. The zero-order valence-corrected chi connectivity index (χ0v) is 14.9. The number of aliphatic hydroxyl groups excluding tert-OH is 1. The van der Waals surface area contributed by atoms with Crippen LogP contribution in [0.25, 0.3) is 0 Å². The fraction of sp³-hybridized carbons (Fsp3) is 0.429. The van der Waals surface area contributed by atoms with E-state index in [1.807, 2.05) is 0 Å². The van der Waals surface area contributed by atoms with Gasteiger partial charge in [0.25, 0.3) is 0 Å². The minimum atomic E-state index is -4.03. The molecule has 0 aliphatic carbocycles. The maximum absolute atomic E-state index is 10.8. The van der Waals surface area contributed by atoms with E-state index in [1.54, 1.807) is 0 Å². The van der Waals surface area contributed by atoms with Gasteiger partial charge >= 0.3 is 0 Å². The molecular weight excluding hydrogens is 384 g/mol. The largest absolute Gasteiger partial charge is 0.494 e. The molecule has 4 N–H and O–H groups in total. The molecular formula is C21H25ClO6. The highest BCUT2D eigenvalue weighted by Gasteiger charge is 2.43. The molecule has 0 bridgehead atoms. The molecule has 2 aromatic rings. The van der Waals surface area contributed by atoms with Gasteiger partial charge < -0.3 is 29.9 Å². The number of benzene rings is 2. The van der Waals surface area contributed by atoms with Crippen LogP contribution in [-0.4, -0.2) is 57.9 Å². The summed E-state index contributed by atoms with van der Waals surface area (Å²) >= 11 is 6.24. The van der Waals surface area contributed by atoms with E-state index in [2.05, 4.69) is 0 Å². The first-order chi connectivity index (χ1) is 18.7. The molecule has 0 amide bonds. The van der Waals surface area contributed by atoms with Gasteiger partial charge in [0, 0.05) is 9.13 Å². The van der Waals surface area contributed by atoms with Gasteiger partial charge in [-0.05, 0) is 48.1 Å². The zero-order chi connectivity index (χ0) is 32.6. The van der Waals surface area contributed by atoms with Gasteiger partial charge in [-0.3, -0.25) is 0 Å². The lowest BCUT2D eigenvalue weighted by Crippen LogP contribution is -2.55. The minimum absolute atomic E-state index is 0.118. The maximum atomic E-state index is 10.8. The van der Waals surface area contributed by atoms with Crippen LogP contribution >= 0.6 is 11.6 Å². The number of rotatable bonds is 6. The van der Waals surface area contributed by atoms with Crippen molar-refractivity contribution in [1.29, 1.82) is 0 Å². The summed E-state index contributed by atoms with van der Waals surface area (Å²) in [4.78, 5) is 0. The zero-order valence-electron chi connectivity index (χ0n) is 28.1. The van der Waals surface area contributed by atoms with Gasteiger partial charge in [0.05, 0.1) is 28.2 Å². The summed E-state index contributed by atoms with van der Waals surface area (Å²) in [5, 5.41) is 41.1. The molecule has 1 fully saturated rings.